The van der Waals surface area contributed by atoms with Gasteiger partial charge in [0.1, 0.15) is 5.69 Å². The average molecular weight is 418 g/mol. The molecule has 0 aliphatic heterocycles. The van der Waals surface area contributed by atoms with Gasteiger partial charge in [-0.3, -0.25) is 19.7 Å². The maximum absolute atomic E-state index is 12.1. The molecule has 3 rings (SSSR count). The van der Waals surface area contributed by atoms with E-state index in [1.54, 1.807) is 12.1 Å². The number of nitro groups is 1. The second kappa shape index (κ2) is 8.70. The first-order valence-electron chi connectivity index (χ1n) is 8.65. The molecule has 0 radical (unpaired) electrons. The number of hydrogen-bond donors (Lipinski definition) is 2. The molecule has 1 saturated carbocycles. The molecule has 150 valence electrons. The van der Waals surface area contributed by atoms with Crippen LogP contribution in [-0.4, -0.2) is 29.3 Å². The molecule has 2 aromatic carbocycles. The highest BCUT2D eigenvalue weighted by atomic mass is 35.5. The number of nitrogens with zero attached hydrogens (tertiary/aromatic N) is 1. The first-order valence-corrected chi connectivity index (χ1v) is 9.03. The fourth-order valence-electron chi connectivity index (χ4n) is 2.44. The van der Waals surface area contributed by atoms with Gasteiger partial charge in [-0.25, -0.2) is 4.79 Å². The highest BCUT2D eigenvalue weighted by Crippen LogP contribution is 2.30. The Balaban J connectivity index is 1.53. The van der Waals surface area contributed by atoms with E-state index in [2.05, 4.69) is 10.6 Å². The maximum atomic E-state index is 12.1. The first-order chi connectivity index (χ1) is 13.8. The van der Waals surface area contributed by atoms with Crippen LogP contribution < -0.4 is 10.6 Å². The molecule has 1 aliphatic carbocycles. The van der Waals surface area contributed by atoms with Crippen LogP contribution in [0.25, 0.3) is 0 Å². The Kier molecular flexibility index (Phi) is 6.08. The number of halogens is 1. The molecule has 0 bridgehead atoms. The van der Waals surface area contributed by atoms with Crippen LogP contribution in [0, 0.1) is 16.0 Å². The zero-order valence-electron chi connectivity index (χ0n) is 15.0. The minimum atomic E-state index is -0.745. The summed E-state index contributed by atoms with van der Waals surface area (Å²) in [5.41, 5.74) is 0.322. The number of carbonyl (C=O) groups excluding carboxylic acids is 3. The van der Waals surface area contributed by atoms with Crippen molar-refractivity contribution in [3.8, 4) is 0 Å². The second-order valence-electron chi connectivity index (χ2n) is 6.38. The summed E-state index contributed by atoms with van der Waals surface area (Å²) in [6.07, 6.45) is 1.77. The van der Waals surface area contributed by atoms with E-state index in [0.717, 1.165) is 18.9 Å². The topological polar surface area (TPSA) is 128 Å². The summed E-state index contributed by atoms with van der Waals surface area (Å²) < 4.78 is 4.92. The summed E-state index contributed by atoms with van der Waals surface area (Å²) in [5, 5.41) is 16.2. The Bertz CT molecular complexity index is 972. The molecule has 0 aromatic heterocycles. The average Bonchev–Trinajstić information content (AvgIpc) is 3.53. The lowest BCUT2D eigenvalue weighted by molar-refractivity contribution is -0.383. The van der Waals surface area contributed by atoms with Crippen LogP contribution in [0.2, 0.25) is 5.02 Å². The summed E-state index contributed by atoms with van der Waals surface area (Å²) >= 11 is 5.72. The van der Waals surface area contributed by atoms with Crippen LogP contribution in [0.5, 0.6) is 0 Å². The van der Waals surface area contributed by atoms with Gasteiger partial charge in [-0.2, -0.15) is 0 Å². The van der Waals surface area contributed by atoms with E-state index in [1.807, 2.05) is 0 Å². The minimum absolute atomic E-state index is 0.0479. The van der Waals surface area contributed by atoms with Gasteiger partial charge in [0.15, 0.2) is 6.61 Å². The molecule has 2 N–H and O–H groups in total. The van der Waals surface area contributed by atoms with Crippen LogP contribution in [0.4, 0.5) is 17.1 Å². The van der Waals surface area contributed by atoms with Crippen molar-refractivity contribution in [3.05, 3.63) is 63.2 Å². The lowest BCUT2D eigenvalue weighted by Crippen LogP contribution is -2.21. The number of rotatable bonds is 7. The van der Waals surface area contributed by atoms with E-state index in [0.29, 0.717) is 5.69 Å². The third kappa shape index (κ3) is 5.52. The van der Waals surface area contributed by atoms with E-state index in [1.165, 1.54) is 24.3 Å². The molecule has 0 unspecified atom stereocenters. The van der Waals surface area contributed by atoms with Gasteiger partial charge in [0, 0.05) is 22.7 Å². The number of esters is 1. The number of hydrogen-bond acceptors (Lipinski definition) is 6. The minimum Gasteiger partial charge on any atom is -0.452 e. The number of nitrogens with one attached hydrogen (secondary N) is 2. The van der Waals surface area contributed by atoms with Crippen molar-refractivity contribution >= 4 is 46.4 Å². The number of benzene rings is 2. The molecule has 2 amide bonds. The summed E-state index contributed by atoms with van der Waals surface area (Å²) in [6, 6.07) is 9.84. The Morgan fingerprint density at radius 2 is 1.79 bits per heavy atom. The lowest BCUT2D eigenvalue weighted by atomic mass is 10.2. The molecule has 0 saturated heterocycles. The quantitative estimate of drug-likeness (QED) is 0.403. The smallest absolute Gasteiger partial charge is 0.338 e. The highest BCUT2D eigenvalue weighted by Gasteiger charge is 2.29. The Hall–Kier alpha value is -3.46. The normalized spacial score (nSPS) is 12.7. The Morgan fingerprint density at radius 1 is 1.10 bits per heavy atom. The van der Waals surface area contributed by atoms with Gasteiger partial charge >= 0.3 is 5.97 Å². The van der Waals surface area contributed by atoms with Gasteiger partial charge in [0.05, 0.1) is 10.5 Å². The fourth-order valence-corrected chi connectivity index (χ4v) is 2.61. The zero-order valence-corrected chi connectivity index (χ0v) is 15.8. The molecule has 29 heavy (non-hydrogen) atoms. The second-order valence-corrected chi connectivity index (χ2v) is 6.82. The molecular weight excluding hydrogens is 402 g/mol. The summed E-state index contributed by atoms with van der Waals surface area (Å²) in [7, 11) is 0. The number of ether oxygens (including phenoxy) is 1. The van der Waals surface area contributed by atoms with Crippen molar-refractivity contribution in [1.29, 1.82) is 0 Å². The Morgan fingerprint density at radius 3 is 2.41 bits per heavy atom. The third-order valence-corrected chi connectivity index (χ3v) is 4.34. The molecule has 2 aromatic rings. The van der Waals surface area contributed by atoms with Crippen LogP contribution >= 0.6 is 11.6 Å². The van der Waals surface area contributed by atoms with Gasteiger partial charge in [0.25, 0.3) is 11.6 Å². The fraction of sp³-hybridized carbons (Fsp3) is 0.211. The van der Waals surface area contributed by atoms with Gasteiger partial charge in [-0.1, -0.05) is 11.6 Å². The molecule has 0 atom stereocenters. The van der Waals surface area contributed by atoms with Crippen LogP contribution in [0.3, 0.4) is 0 Å². The van der Waals surface area contributed by atoms with Crippen LogP contribution in [-0.2, 0) is 14.3 Å². The number of anilines is 2. The van der Waals surface area contributed by atoms with Crippen molar-refractivity contribution in [2.75, 3.05) is 17.2 Å². The predicted molar refractivity (Wildman–Crippen MR) is 105 cm³/mol. The third-order valence-electron chi connectivity index (χ3n) is 4.10. The highest BCUT2D eigenvalue weighted by molar-refractivity contribution is 6.31. The first kappa shape index (κ1) is 20.3. The van der Waals surface area contributed by atoms with E-state index >= 15 is 0 Å². The number of nitro benzene ring substituents is 1. The van der Waals surface area contributed by atoms with Crippen molar-refractivity contribution in [1.82, 2.24) is 0 Å². The molecule has 0 spiro atoms. The van der Waals surface area contributed by atoms with Gasteiger partial charge in [-0.15, -0.1) is 0 Å². The standard InChI is InChI=1S/C19H16ClN3O6/c20-13-5-8-15(16(9-13)23(27)28)22-17(24)10-29-19(26)12-3-6-14(7-4-12)21-18(25)11-1-2-11/h3-9,11H,1-2,10H2,(H,21,25)(H,22,24). The molecule has 10 heteroatoms. The predicted octanol–water partition coefficient (Wildman–Crippen LogP) is 3.39. The largest absolute Gasteiger partial charge is 0.452 e. The van der Waals surface area contributed by atoms with Gasteiger partial charge in [0.2, 0.25) is 5.91 Å². The lowest BCUT2D eigenvalue weighted by Gasteiger charge is -2.08. The SMILES string of the molecule is O=C(COC(=O)c1ccc(NC(=O)C2CC2)cc1)Nc1ccc(Cl)cc1[N+](=O)[O-]. The van der Waals surface area contributed by atoms with E-state index in [9.17, 15) is 24.5 Å². The van der Waals surface area contributed by atoms with E-state index in [-0.39, 0.29) is 33.8 Å². The van der Waals surface area contributed by atoms with Crippen molar-refractivity contribution in [2.45, 2.75) is 12.8 Å². The van der Waals surface area contributed by atoms with Crippen LogP contribution in [0.1, 0.15) is 23.2 Å². The molecule has 9 nitrogen and oxygen atoms in total. The van der Waals surface area contributed by atoms with E-state index < -0.39 is 23.4 Å². The monoisotopic (exact) mass is 417 g/mol. The summed E-state index contributed by atoms with van der Waals surface area (Å²) in [5.74, 6) is -1.47. The summed E-state index contributed by atoms with van der Waals surface area (Å²) in [6.45, 7) is -0.626. The maximum Gasteiger partial charge on any atom is 0.338 e. The Labute approximate surface area is 170 Å². The van der Waals surface area contributed by atoms with Crippen LogP contribution in [0.15, 0.2) is 42.5 Å². The molecule has 1 aliphatic rings. The number of carbonyl (C=O) groups is 3. The van der Waals surface area contributed by atoms with Crippen molar-refractivity contribution in [3.63, 3.8) is 0 Å². The molecule has 0 heterocycles. The molecule has 1 fully saturated rings. The zero-order chi connectivity index (χ0) is 21.0. The number of amides is 2. The van der Waals surface area contributed by atoms with Gasteiger partial charge in [-0.05, 0) is 49.2 Å². The van der Waals surface area contributed by atoms with Crippen molar-refractivity contribution in [2.24, 2.45) is 5.92 Å². The van der Waals surface area contributed by atoms with Gasteiger partial charge < -0.3 is 15.4 Å². The van der Waals surface area contributed by atoms with Crippen molar-refractivity contribution < 1.29 is 24.0 Å². The van der Waals surface area contributed by atoms with E-state index in [4.69, 9.17) is 16.3 Å². The summed E-state index contributed by atoms with van der Waals surface area (Å²) in [4.78, 5) is 46.1. The molecular formula is C19H16ClN3O6.